The predicted octanol–water partition coefficient (Wildman–Crippen LogP) is 1.89. The zero-order valence-electron chi connectivity index (χ0n) is 12.4. The molecule has 1 heterocycles. The number of hydrogen-bond acceptors (Lipinski definition) is 5. The molecule has 1 aromatic heterocycles. The summed E-state index contributed by atoms with van der Waals surface area (Å²) in [5.41, 5.74) is 4.31. The highest BCUT2D eigenvalue weighted by molar-refractivity contribution is 5.83. The summed E-state index contributed by atoms with van der Waals surface area (Å²) in [5, 5.41) is 11.5. The molecule has 0 saturated heterocycles. The van der Waals surface area contributed by atoms with Gasteiger partial charge in [0.1, 0.15) is 11.1 Å². The van der Waals surface area contributed by atoms with Crippen LogP contribution in [0.25, 0.3) is 11.1 Å². The largest absolute Gasteiger partial charge is 0.441 e. The van der Waals surface area contributed by atoms with Gasteiger partial charge in [-0.2, -0.15) is 18.4 Å². The van der Waals surface area contributed by atoms with Crippen LogP contribution >= 0.6 is 0 Å². The fourth-order valence-electron chi connectivity index (χ4n) is 2.24. The highest BCUT2D eigenvalue weighted by Crippen LogP contribution is 2.34. The SMILES string of the molecule is N#CC1(NC(=O)C(N)Cc2nc3ccc(C(F)(F)F)cc3o2)CC1. The Kier molecular flexibility index (Phi) is 3.72. The third-order valence-corrected chi connectivity index (χ3v) is 3.82. The minimum atomic E-state index is -4.48. The average molecular weight is 338 g/mol. The Morgan fingerprint density at radius 1 is 1.50 bits per heavy atom. The zero-order chi connectivity index (χ0) is 17.5. The first-order valence-electron chi connectivity index (χ1n) is 7.18. The monoisotopic (exact) mass is 338 g/mol. The second kappa shape index (κ2) is 5.49. The lowest BCUT2D eigenvalue weighted by Gasteiger charge is -2.13. The first kappa shape index (κ1) is 16.3. The summed E-state index contributed by atoms with van der Waals surface area (Å²) in [4.78, 5) is 16.0. The van der Waals surface area contributed by atoms with Gasteiger partial charge in [0, 0.05) is 6.42 Å². The number of halogens is 3. The van der Waals surface area contributed by atoms with Gasteiger partial charge in [-0.3, -0.25) is 4.79 Å². The number of carbonyl (C=O) groups is 1. The number of alkyl halides is 3. The molecule has 1 amide bonds. The number of hydrogen-bond donors (Lipinski definition) is 2. The maximum atomic E-state index is 12.7. The quantitative estimate of drug-likeness (QED) is 0.886. The molecule has 9 heteroatoms. The minimum Gasteiger partial charge on any atom is -0.441 e. The van der Waals surface area contributed by atoms with Gasteiger partial charge in [0.15, 0.2) is 11.5 Å². The van der Waals surface area contributed by atoms with Gasteiger partial charge in [0.25, 0.3) is 0 Å². The molecule has 1 aromatic carbocycles. The van der Waals surface area contributed by atoms with Crippen LogP contribution in [0.2, 0.25) is 0 Å². The Labute approximate surface area is 134 Å². The highest BCUT2D eigenvalue weighted by Gasteiger charge is 2.45. The summed E-state index contributed by atoms with van der Waals surface area (Å²) < 4.78 is 43.3. The molecule has 3 rings (SSSR count). The number of oxazole rings is 1. The predicted molar refractivity (Wildman–Crippen MR) is 76.4 cm³/mol. The molecule has 1 unspecified atom stereocenters. The van der Waals surface area contributed by atoms with E-state index >= 15 is 0 Å². The average Bonchev–Trinajstić information content (AvgIpc) is 3.16. The molecule has 6 nitrogen and oxygen atoms in total. The molecule has 1 atom stereocenters. The van der Waals surface area contributed by atoms with Crippen molar-refractivity contribution in [1.29, 1.82) is 5.26 Å². The van der Waals surface area contributed by atoms with E-state index in [2.05, 4.69) is 10.3 Å². The number of nitrogens with two attached hydrogens (primary N) is 1. The first-order valence-corrected chi connectivity index (χ1v) is 7.18. The number of carbonyl (C=O) groups excluding carboxylic acids is 1. The van der Waals surface area contributed by atoms with Gasteiger partial charge in [0.05, 0.1) is 17.7 Å². The third-order valence-electron chi connectivity index (χ3n) is 3.82. The third kappa shape index (κ3) is 3.19. The van der Waals surface area contributed by atoms with Crippen LogP contribution in [0.5, 0.6) is 0 Å². The molecule has 1 fully saturated rings. The van der Waals surface area contributed by atoms with E-state index in [4.69, 9.17) is 15.4 Å². The van der Waals surface area contributed by atoms with Gasteiger partial charge >= 0.3 is 6.18 Å². The minimum absolute atomic E-state index is 0.0249. The smallest absolute Gasteiger partial charge is 0.416 e. The van der Waals surface area contributed by atoms with Crippen molar-refractivity contribution in [2.45, 2.75) is 37.0 Å². The van der Waals surface area contributed by atoms with Gasteiger partial charge in [-0.25, -0.2) is 4.98 Å². The molecule has 0 bridgehead atoms. The van der Waals surface area contributed by atoms with Gasteiger partial charge < -0.3 is 15.5 Å². The summed E-state index contributed by atoms with van der Waals surface area (Å²) in [6.07, 6.45) is -3.41. The van der Waals surface area contributed by atoms with Gasteiger partial charge in [-0.15, -0.1) is 0 Å². The van der Waals surface area contributed by atoms with E-state index in [1.165, 1.54) is 6.07 Å². The number of amides is 1. The van der Waals surface area contributed by atoms with E-state index in [1.807, 2.05) is 6.07 Å². The molecule has 0 aliphatic heterocycles. The lowest BCUT2D eigenvalue weighted by Crippen LogP contribution is -2.47. The standard InChI is InChI=1S/C15H13F3N4O2/c16-15(17,18)8-1-2-10-11(5-8)24-12(21-10)6-9(20)13(23)22-14(7-19)3-4-14/h1-2,5,9H,3-4,6,20H2,(H,22,23). The van der Waals surface area contributed by atoms with Crippen LogP contribution in [0.15, 0.2) is 22.6 Å². The van der Waals surface area contributed by atoms with E-state index in [1.54, 1.807) is 0 Å². The Morgan fingerprint density at radius 3 is 2.79 bits per heavy atom. The molecule has 1 aliphatic carbocycles. The Bertz CT molecular complexity index is 833. The molecular formula is C15H13F3N4O2. The second-order valence-corrected chi connectivity index (χ2v) is 5.78. The lowest BCUT2D eigenvalue weighted by atomic mass is 10.2. The van der Waals surface area contributed by atoms with E-state index in [-0.39, 0.29) is 23.4 Å². The van der Waals surface area contributed by atoms with Gasteiger partial charge in [-0.05, 0) is 31.0 Å². The van der Waals surface area contributed by atoms with Crippen molar-refractivity contribution in [2.75, 3.05) is 0 Å². The molecule has 1 aliphatic rings. The number of nitriles is 1. The normalized spacial score (nSPS) is 17.3. The van der Waals surface area contributed by atoms with Crippen molar-refractivity contribution in [3.05, 3.63) is 29.7 Å². The first-order chi connectivity index (χ1) is 11.2. The number of fused-ring (bicyclic) bond motifs is 1. The molecule has 126 valence electrons. The lowest BCUT2D eigenvalue weighted by molar-refractivity contribution is -0.137. The molecule has 0 radical (unpaired) electrons. The number of nitrogens with zero attached hydrogens (tertiary/aromatic N) is 2. The van der Waals surface area contributed by atoms with E-state index in [0.717, 1.165) is 12.1 Å². The Morgan fingerprint density at radius 2 is 2.21 bits per heavy atom. The van der Waals surface area contributed by atoms with Crippen molar-refractivity contribution in [2.24, 2.45) is 5.73 Å². The van der Waals surface area contributed by atoms with Crippen LogP contribution in [-0.2, 0) is 17.4 Å². The van der Waals surface area contributed by atoms with Crippen LogP contribution in [0.4, 0.5) is 13.2 Å². The Hall–Kier alpha value is -2.60. The van der Waals surface area contributed by atoms with Crippen molar-refractivity contribution in [3.8, 4) is 6.07 Å². The van der Waals surface area contributed by atoms with Crippen LogP contribution < -0.4 is 11.1 Å². The topological polar surface area (TPSA) is 105 Å². The molecule has 3 N–H and O–H groups in total. The number of rotatable bonds is 4. The van der Waals surface area contributed by atoms with Crippen LogP contribution in [0.1, 0.15) is 24.3 Å². The molecule has 2 aromatic rings. The van der Waals surface area contributed by atoms with Gasteiger partial charge in [0.2, 0.25) is 5.91 Å². The molecule has 1 saturated carbocycles. The maximum absolute atomic E-state index is 12.7. The highest BCUT2D eigenvalue weighted by atomic mass is 19.4. The number of nitrogens with one attached hydrogen (secondary N) is 1. The van der Waals surface area contributed by atoms with Crippen molar-refractivity contribution < 1.29 is 22.4 Å². The molecule has 24 heavy (non-hydrogen) atoms. The number of benzene rings is 1. The fraction of sp³-hybridized carbons (Fsp3) is 0.400. The summed E-state index contributed by atoms with van der Waals surface area (Å²) in [6.45, 7) is 0. The van der Waals surface area contributed by atoms with E-state index < -0.39 is 29.2 Å². The van der Waals surface area contributed by atoms with E-state index in [0.29, 0.717) is 12.8 Å². The maximum Gasteiger partial charge on any atom is 0.416 e. The summed E-state index contributed by atoms with van der Waals surface area (Å²) in [7, 11) is 0. The van der Waals surface area contributed by atoms with Crippen molar-refractivity contribution in [3.63, 3.8) is 0 Å². The second-order valence-electron chi connectivity index (χ2n) is 5.78. The summed E-state index contributed by atoms with van der Waals surface area (Å²) >= 11 is 0. The van der Waals surface area contributed by atoms with Crippen molar-refractivity contribution >= 4 is 17.0 Å². The number of aromatic nitrogens is 1. The van der Waals surface area contributed by atoms with Crippen LogP contribution in [0.3, 0.4) is 0 Å². The summed E-state index contributed by atoms with van der Waals surface area (Å²) in [6, 6.07) is 3.96. The van der Waals surface area contributed by atoms with Crippen molar-refractivity contribution in [1.82, 2.24) is 10.3 Å². The van der Waals surface area contributed by atoms with Crippen LogP contribution in [0, 0.1) is 11.3 Å². The van der Waals surface area contributed by atoms with E-state index in [9.17, 15) is 18.0 Å². The molecular weight excluding hydrogens is 325 g/mol. The summed E-state index contributed by atoms with van der Waals surface area (Å²) in [5.74, 6) is -0.457. The fourth-order valence-corrected chi connectivity index (χ4v) is 2.24. The van der Waals surface area contributed by atoms with Crippen LogP contribution in [-0.4, -0.2) is 22.5 Å². The van der Waals surface area contributed by atoms with Gasteiger partial charge in [-0.1, -0.05) is 0 Å². The zero-order valence-corrected chi connectivity index (χ0v) is 12.4. The molecule has 0 spiro atoms. The Balaban J connectivity index is 1.73.